The quantitative estimate of drug-likeness (QED) is 0.111. The van der Waals surface area contributed by atoms with Crippen LogP contribution in [0, 0.1) is 5.82 Å². The van der Waals surface area contributed by atoms with Crippen LogP contribution in [0.4, 0.5) is 15.9 Å². The van der Waals surface area contributed by atoms with E-state index in [1.807, 2.05) is 35.1 Å². The SMILES string of the molecule is CSc1nc(-c2cccc(NC(=O)c3cccc(F)c3)c2)c(-c2ccnc(NC(C)=O)c2)n1COCC[Si](C)(C)C. The lowest BCUT2D eigenvalue weighted by molar-refractivity contribution is -0.114. The number of halogens is 1. The van der Waals surface area contributed by atoms with Crippen LogP contribution in [0.1, 0.15) is 17.3 Å². The summed E-state index contributed by atoms with van der Waals surface area (Å²) in [5, 5.41) is 6.36. The molecule has 2 aromatic heterocycles. The summed E-state index contributed by atoms with van der Waals surface area (Å²) >= 11 is 1.50. The zero-order valence-corrected chi connectivity index (χ0v) is 25.6. The average molecular weight is 592 g/mol. The van der Waals surface area contributed by atoms with Gasteiger partial charge in [0.2, 0.25) is 5.91 Å². The van der Waals surface area contributed by atoms with E-state index in [1.165, 1.54) is 36.9 Å². The van der Waals surface area contributed by atoms with E-state index in [-0.39, 0.29) is 11.5 Å². The Labute approximate surface area is 244 Å². The molecule has 214 valence electrons. The van der Waals surface area contributed by atoms with Crippen molar-refractivity contribution in [3.63, 3.8) is 0 Å². The number of rotatable bonds is 11. The van der Waals surface area contributed by atoms with E-state index in [1.54, 1.807) is 24.4 Å². The van der Waals surface area contributed by atoms with E-state index in [0.29, 0.717) is 30.5 Å². The second-order valence-electron chi connectivity index (χ2n) is 10.7. The molecular weight excluding hydrogens is 558 g/mol. The molecule has 0 aliphatic carbocycles. The van der Waals surface area contributed by atoms with Gasteiger partial charge in [0, 0.05) is 50.2 Å². The van der Waals surface area contributed by atoms with Crippen molar-refractivity contribution in [3.8, 4) is 22.5 Å². The van der Waals surface area contributed by atoms with Crippen molar-refractivity contribution < 1.29 is 18.7 Å². The Morgan fingerprint density at radius 1 is 1.02 bits per heavy atom. The number of carbonyl (C=O) groups excluding carboxylic acids is 2. The smallest absolute Gasteiger partial charge is 0.255 e. The molecule has 0 saturated heterocycles. The minimum Gasteiger partial charge on any atom is -0.361 e. The topological polar surface area (TPSA) is 98.1 Å². The molecule has 0 aliphatic rings. The Bertz CT molecular complexity index is 1550. The van der Waals surface area contributed by atoms with E-state index in [2.05, 4.69) is 35.3 Å². The molecule has 0 bridgehead atoms. The van der Waals surface area contributed by atoms with Crippen molar-refractivity contribution in [2.45, 2.75) is 44.5 Å². The number of pyridine rings is 1. The van der Waals surface area contributed by atoms with Crippen LogP contribution >= 0.6 is 11.8 Å². The van der Waals surface area contributed by atoms with Crippen molar-refractivity contribution in [1.82, 2.24) is 14.5 Å². The number of carbonyl (C=O) groups is 2. The van der Waals surface area contributed by atoms with Crippen molar-refractivity contribution in [2.75, 3.05) is 23.5 Å². The van der Waals surface area contributed by atoms with E-state index >= 15 is 0 Å². The summed E-state index contributed by atoms with van der Waals surface area (Å²) in [5.41, 5.74) is 3.82. The number of benzene rings is 2. The predicted octanol–water partition coefficient (Wildman–Crippen LogP) is 7.00. The molecule has 0 saturated carbocycles. The largest absolute Gasteiger partial charge is 0.361 e. The summed E-state index contributed by atoms with van der Waals surface area (Å²) in [7, 11) is -1.27. The van der Waals surface area contributed by atoms with E-state index in [0.717, 1.165) is 28.0 Å². The summed E-state index contributed by atoms with van der Waals surface area (Å²) in [4.78, 5) is 33.8. The summed E-state index contributed by atoms with van der Waals surface area (Å²) in [5.74, 6) is -0.684. The maximum Gasteiger partial charge on any atom is 0.255 e. The molecular formula is C30H34FN5O3SSi. The molecule has 4 aromatic rings. The number of amides is 2. The van der Waals surface area contributed by atoms with Crippen molar-refractivity contribution >= 4 is 43.2 Å². The second kappa shape index (κ2) is 13.2. The van der Waals surface area contributed by atoms with Crippen LogP contribution in [0.25, 0.3) is 22.5 Å². The van der Waals surface area contributed by atoms with Crippen LogP contribution in [-0.4, -0.2) is 47.3 Å². The Morgan fingerprint density at radius 2 is 1.80 bits per heavy atom. The maximum atomic E-state index is 13.7. The zero-order chi connectivity index (χ0) is 29.6. The van der Waals surface area contributed by atoms with Crippen LogP contribution in [0.2, 0.25) is 25.7 Å². The van der Waals surface area contributed by atoms with E-state index in [9.17, 15) is 14.0 Å². The predicted molar refractivity (Wildman–Crippen MR) is 165 cm³/mol. The molecule has 2 heterocycles. The normalized spacial score (nSPS) is 11.4. The number of thioether (sulfide) groups is 1. The highest BCUT2D eigenvalue weighted by Gasteiger charge is 2.22. The first-order chi connectivity index (χ1) is 19.5. The van der Waals surface area contributed by atoms with E-state index < -0.39 is 19.8 Å². The van der Waals surface area contributed by atoms with Gasteiger partial charge in [0.25, 0.3) is 5.91 Å². The molecule has 0 unspecified atom stereocenters. The molecule has 41 heavy (non-hydrogen) atoms. The third kappa shape index (κ3) is 8.12. The average Bonchev–Trinajstić information content (AvgIpc) is 3.29. The molecule has 8 nitrogen and oxygen atoms in total. The molecule has 4 rings (SSSR count). The molecule has 0 atom stereocenters. The third-order valence-electron chi connectivity index (χ3n) is 6.15. The summed E-state index contributed by atoms with van der Waals surface area (Å²) in [6, 6.07) is 17.6. The molecule has 0 radical (unpaired) electrons. The number of aromatic nitrogens is 3. The Balaban J connectivity index is 1.75. The molecule has 2 N–H and O–H groups in total. The fourth-order valence-electron chi connectivity index (χ4n) is 4.14. The number of ether oxygens (including phenoxy) is 1. The van der Waals surface area contributed by atoms with Gasteiger partial charge in [-0.15, -0.1) is 0 Å². The van der Waals surface area contributed by atoms with Gasteiger partial charge in [0.15, 0.2) is 5.16 Å². The molecule has 0 spiro atoms. The standard InChI is InChI=1S/C30H34FN5O3SSi/c1-20(37)33-26-18-22(12-13-32-26)28-27(35-30(40-2)36(28)19-39-14-15-41(3,4)5)21-8-7-11-25(17-21)34-29(38)23-9-6-10-24(31)16-23/h6-13,16-18H,14-15,19H2,1-5H3,(H,34,38)(H,32,33,37). The van der Waals surface area contributed by atoms with Crippen LogP contribution in [0.3, 0.4) is 0 Å². The minimum absolute atomic E-state index is 0.218. The molecule has 2 amide bonds. The third-order valence-corrected chi connectivity index (χ3v) is 8.53. The lowest BCUT2D eigenvalue weighted by Crippen LogP contribution is -2.22. The summed E-state index contributed by atoms with van der Waals surface area (Å²) in [6.45, 7) is 9.31. The summed E-state index contributed by atoms with van der Waals surface area (Å²) in [6.07, 6.45) is 3.60. The Morgan fingerprint density at radius 3 is 2.51 bits per heavy atom. The first-order valence-electron chi connectivity index (χ1n) is 13.2. The number of anilines is 2. The number of nitrogens with one attached hydrogen (secondary N) is 2. The van der Waals surface area contributed by atoms with Crippen molar-refractivity contribution in [1.29, 1.82) is 0 Å². The number of hydrogen-bond donors (Lipinski definition) is 2. The lowest BCUT2D eigenvalue weighted by atomic mass is 10.0. The van der Waals surface area contributed by atoms with E-state index in [4.69, 9.17) is 9.72 Å². The van der Waals surface area contributed by atoms with Gasteiger partial charge >= 0.3 is 0 Å². The highest BCUT2D eigenvalue weighted by Crippen LogP contribution is 2.37. The minimum atomic E-state index is -1.27. The Kier molecular flexibility index (Phi) is 9.74. The van der Waals surface area contributed by atoms with Gasteiger partial charge in [-0.3, -0.25) is 14.2 Å². The van der Waals surface area contributed by atoms with Gasteiger partial charge in [-0.05, 0) is 54.8 Å². The fraction of sp³-hybridized carbons (Fsp3) is 0.267. The Hall–Kier alpha value is -3.80. The van der Waals surface area contributed by atoms with Gasteiger partial charge in [0.05, 0.1) is 11.4 Å². The highest BCUT2D eigenvalue weighted by atomic mass is 32.2. The summed E-state index contributed by atoms with van der Waals surface area (Å²) < 4.78 is 21.8. The van der Waals surface area contributed by atoms with Crippen LogP contribution in [0.5, 0.6) is 0 Å². The number of nitrogens with zero attached hydrogens (tertiary/aromatic N) is 3. The lowest BCUT2D eigenvalue weighted by Gasteiger charge is -2.17. The van der Waals surface area contributed by atoms with Crippen LogP contribution < -0.4 is 10.6 Å². The first kappa shape index (κ1) is 30.2. The first-order valence-corrected chi connectivity index (χ1v) is 18.1. The highest BCUT2D eigenvalue weighted by molar-refractivity contribution is 7.98. The van der Waals surface area contributed by atoms with Crippen LogP contribution in [-0.2, 0) is 16.3 Å². The molecule has 11 heteroatoms. The van der Waals surface area contributed by atoms with Crippen LogP contribution in [0.15, 0.2) is 72.0 Å². The maximum absolute atomic E-state index is 13.7. The van der Waals surface area contributed by atoms with Gasteiger partial charge in [-0.25, -0.2) is 14.4 Å². The number of imidazole rings is 1. The monoisotopic (exact) mass is 591 g/mol. The van der Waals surface area contributed by atoms with Gasteiger partial charge in [0.1, 0.15) is 18.4 Å². The number of hydrogen-bond acceptors (Lipinski definition) is 6. The second-order valence-corrected chi connectivity index (χ2v) is 17.1. The van der Waals surface area contributed by atoms with Gasteiger partial charge in [-0.2, -0.15) is 0 Å². The molecule has 0 aliphatic heterocycles. The van der Waals surface area contributed by atoms with Gasteiger partial charge in [-0.1, -0.05) is 49.6 Å². The van der Waals surface area contributed by atoms with Gasteiger partial charge < -0.3 is 15.4 Å². The fourth-order valence-corrected chi connectivity index (χ4v) is 5.44. The zero-order valence-electron chi connectivity index (χ0n) is 23.8. The van der Waals surface area contributed by atoms with Crippen molar-refractivity contribution in [2.24, 2.45) is 0 Å². The van der Waals surface area contributed by atoms with Crippen molar-refractivity contribution in [3.05, 3.63) is 78.2 Å². The molecule has 2 aromatic carbocycles. The molecule has 0 fully saturated rings.